The molecule has 138 valence electrons. The van der Waals surface area contributed by atoms with Crippen LogP contribution in [0.25, 0.3) is 6.08 Å². The van der Waals surface area contributed by atoms with E-state index in [4.69, 9.17) is 0 Å². The van der Waals surface area contributed by atoms with Gasteiger partial charge in [-0.3, -0.25) is 19.7 Å². The van der Waals surface area contributed by atoms with Crippen LogP contribution >= 0.6 is 0 Å². The molecule has 0 spiro atoms. The number of hydrogen-bond acceptors (Lipinski definition) is 4. The van der Waals surface area contributed by atoms with Crippen molar-refractivity contribution in [3.8, 4) is 0 Å². The highest BCUT2D eigenvalue weighted by Gasteiger charge is 2.28. The van der Waals surface area contributed by atoms with Gasteiger partial charge in [0.15, 0.2) is 0 Å². The van der Waals surface area contributed by atoms with E-state index < -0.39 is 4.92 Å². The van der Waals surface area contributed by atoms with E-state index >= 15 is 0 Å². The Labute approximate surface area is 156 Å². The second kappa shape index (κ2) is 8.27. The summed E-state index contributed by atoms with van der Waals surface area (Å²) < 4.78 is 0. The molecule has 0 aliphatic carbocycles. The zero-order valence-electron chi connectivity index (χ0n) is 14.6. The number of rotatable bonds is 4. The van der Waals surface area contributed by atoms with Crippen molar-refractivity contribution < 1.29 is 14.5 Å². The third kappa shape index (κ3) is 4.58. The van der Waals surface area contributed by atoms with Gasteiger partial charge in [0.2, 0.25) is 11.8 Å². The van der Waals surface area contributed by atoms with Crippen molar-refractivity contribution in [1.82, 2.24) is 10.2 Å². The lowest BCUT2D eigenvalue weighted by atomic mass is 10.0. The minimum absolute atomic E-state index is 0.0312. The minimum Gasteiger partial charge on any atom is -0.354 e. The van der Waals surface area contributed by atoms with Crippen molar-refractivity contribution in [1.29, 1.82) is 0 Å². The van der Waals surface area contributed by atoms with Crippen LogP contribution in [0.15, 0.2) is 60.7 Å². The summed E-state index contributed by atoms with van der Waals surface area (Å²) in [6.45, 7) is 0.780. The molecule has 1 N–H and O–H groups in total. The molecule has 1 heterocycles. The first-order valence-electron chi connectivity index (χ1n) is 8.59. The molecule has 0 unspecified atom stereocenters. The van der Waals surface area contributed by atoms with Gasteiger partial charge in [0, 0.05) is 31.3 Å². The van der Waals surface area contributed by atoms with E-state index in [1.807, 2.05) is 30.3 Å². The van der Waals surface area contributed by atoms with Gasteiger partial charge in [-0.2, -0.15) is 0 Å². The quantitative estimate of drug-likeness (QED) is 0.512. The van der Waals surface area contributed by atoms with Crippen molar-refractivity contribution in [3.05, 3.63) is 81.9 Å². The van der Waals surface area contributed by atoms with Gasteiger partial charge in [-0.15, -0.1) is 0 Å². The molecule has 1 atom stereocenters. The van der Waals surface area contributed by atoms with Crippen LogP contribution in [-0.2, 0) is 9.59 Å². The molecule has 7 nitrogen and oxygen atoms in total. The summed E-state index contributed by atoms with van der Waals surface area (Å²) >= 11 is 0. The number of hydrogen-bond donors (Lipinski definition) is 1. The zero-order chi connectivity index (χ0) is 19.2. The number of nitrogens with one attached hydrogen (secondary N) is 1. The highest BCUT2D eigenvalue weighted by Crippen LogP contribution is 2.26. The normalized spacial score (nSPS) is 17.4. The first-order chi connectivity index (χ1) is 13.0. The van der Waals surface area contributed by atoms with Crippen LogP contribution in [0, 0.1) is 10.1 Å². The molecule has 1 fully saturated rings. The van der Waals surface area contributed by atoms with Crippen LogP contribution in [0.1, 0.15) is 23.6 Å². The van der Waals surface area contributed by atoms with Crippen LogP contribution < -0.4 is 5.32 Å². The van der Waals surface area contributed by atoms with Gasteiger partial charge in [-0.25, -0.2) is 0 Å². The topological polar surface area (TPSA) is 92.5 Å². The molecule has 0 aromatic heterocycles. The first-order valence-corrected chi connectivity index (χ1v) is 8.59. The van der Waals surface area contributed by atoms with Crippen molar-refractivity contribution in [2.75, 3.05) is 13.1 Å². The SMILES string of the molecule is O=C1C[C@H](c2ccccc2)N(C(=O)/C=C\c2cccc([N+](=O)[O-])c2)CCN1. The Balaban J connectivity index is 1.83. The predicted octanol–water partition coefficient (Wildman–Crippen LogP) is 2.70. The Bertz CT molecular complexity index is 880. The van der Waals surface area contributed by atoms with Crippen molar-refractivity contribution >= 4 is 23.6 Å². The fourth-order valence-corrected chi connectivity index (χ4v) is 3.07. The van der Waals surface area contributed by atoms with E-state index in [1.54, 1.807) is 23.1 Å². The van der Waals surface area contributed by atoms with Crippen molar-refractivity contribution in [3.63, 3.8) is 0 Å². The Morgan fingerprint density at radius 2 is 1.96 bits per heavy atom. The molecule has 0 saturated carbocycles. The van der Waals surface area contributed by atoms with Gasteiger partial charge in [0.05, 0.1) is 17.4 Å². The highest BCUT2D eigenvalue weighted by atomic mass is 16.6. The highest BCUT2D eigenvalue weighted by molar-refractivity contribution is 5.93. The van der Waals surface area contributed by atoms with E-state index in [-0.39, 0.29) is 30.0 Å². The number of nitro groups is 1. The monoisotopic (exact) mass is 365 g/mol. The molecular weight excluding hydrogens is 346 g/mol. The van der Waals surface area contributed by atoms with Crippen LogP contribution in [0.5, 0.6) is 0 Å². The summed E-state index contributed by atoms with van der Waals surface area (Å²) in [6, 6.07) is 15.1. The van der Waals surface area contributed by atoms with E-state index in [1.165, 1.54) is 18.2 Å². The molecule has 2 aromatic rings. The number of nitrogens with zero attached hydrogens (tertiary/aromatic N) is 2. The van der Waals surface area contributed by atoms with E-state index in [0.29, 0.717) is 18.7 Å². The summed E-state index contributed by atoms with van der Waals surface area (Å²) in [4.78, 5) is 36.8. The third-order valence-corrected chi connectivity index (χ3v) is 4.40. The minimum atomic E-state index is -0.476. The molecule has 1 aliphatic rings. The lowest BCUT2D eigenvalue weighted by Gasteiger charge is -2.28. The molecule has 0 bridgehead atoms. The summed E-state index contributed by atoms with van der Waals surface area (Å²) in [5, 5.41) is 13.7. The Morgan fingerprint density at radius 3 is 2.70 bits per heavy atom. The lowest BCUT2D eigenvalue weighted by Crippen LogP contribution is -2.35. The smallest absolute Gasteiger partial charge is 0.270 e. The Kier molecular flexibility index (Phi) is 5.61. The van der Waals surface area contributed by atoms with Crippen LogP contribution in [0.2, 0.25) is 0 Å². The van der Waals surface area contributed by atoms with Crippen molar-refractivity contribution in [2.24, 2.45) is 0 Å². The molecule has 7 heteroatoms. The molecule has 0 radical (unpaired) electrons. The Morgan fingerprint density at radius 1 is 1.19 bits per heavy atom. The summed E-state index contributed by atoms with van der Waals surface area (Å²) in [6.07, 6.45) is 3.14. The average molecular weight is 365 g/mol. The molecular formula is C20H19N3O4. The van der Waals surface area contributed by atoms with Gasteiger partial charge in [-0.05, 0) is 17.2 Å². The van der Waals surface area contributed by atoms with Gasteiger partial charge in [-0.1, -0.05) is 42.5 Å². The van der Waals surface area contributed by atoms with Gasteiger partial charge >= 0.3 is 0 Å². The van der Waals surface area contributed by atoms with Crippen LogP contribution in [0.3, 0.4) is 0 Å². The number of nitro benzene ring substituents is 1. The number of carbonyl (C=O) groups excluding carboxylic acids is 2. The average Bonchev–Trinajstić information content (AvgIpc) is 2.88. The molecule has 3 rings (SSSR count). The lowest BCUT2D eigenvalue weighted by molar-refractivity contribution is -0.384. The van der Waals surface area contributed by atoms with Gasteiger partial charge < -0.3 is 10.2 Å². The Hall–Kier alpha value is -3.48. The fraction of sp³-hybridized carbons (Fsp3) is 0.200. The number of carbonyl (C=O) groups is 2. The largest absolute Gasteiger partial charge is 0.354 e. The second-order valence-electron chi connectivity index (χ2n) is 6.20. The molecule has 27 heavy (non-hydrogen) atoms. The molecule has 2 amide bonds. The molecule has 1 saturated heterocycles. The number of non-ortho nitro benzene ring substituents is 1. The molecule has 2 aromatic carbocycles. The summed E-state index contributed by atoms with van der Waals surface area (Å²) in [5.41, 5.74) is 1.43. The molecule has 1 aliphatic heterocycles. The zero-order valence-corrected chi connectivity index (χ0v) is 14.6. The first kappa shape index (κ1) is 18.3. The summed E-state index contributed by atoms with van der Waals surface area (Å²) in [5.74, 6) is -0.339. The van der Waals surface area contributed by atoms with E-state index in [9.17, 15) is 19.7 Å². The van der Waals surface area contributed by atoms with Crippen LogP contribution in [0.4, 0.5) is 5.69 Å². The van der Waals surface area contributed by atoms with E-state index in [0.717, 1.165) is 5.56 Å². The maximum absolute atomic E-state index is 12.8. The standard InChI is InChI=1S/C20H19N3O4/c24-19-14-18(16-6-2-1-3-7-16)22(12-11-21-19)20(25)10-9-15-5-4-8-17(13-15)23(26)27/h1-10,13,18H,11-12,14H2,(H,21,24)/b10-9-/t18-/m1/s1. The number of benzene rings is 2. The predicted molar refractivity (Wildman–Crippen MR) is 101 cm³/mol. The maximum atomic E-state index is 12.8. The maximum Gasteiger partial charge on any atom is 0.270 e. The summed E-state index contributed by atoms with van der Waals surface area (Å²) in [7, 11) is 0. The van der Waals surface area contributed by atoms with Crippen LogP contribution in [-0.4, -0.2) is 34.7 Å². The fourth-order valence-electron chi connectivity index (χ4n) is 3.07. The third-order valence-electron chi connectivity index (χ3n) is 4.40. The van der Waals surface area contributed by atoms with Gasteiger partial charge in [0.25, 0.3) is 5.69 Å². The second-order valence-corrected chi connectivity index (χ2v) is 6.20. The van der Waals surface area contributed by atoms with Gasteiger partial charge in [0.1, 0.15) is 0 Å². The number of amides is 2. The van der Waals surface area contributed by atoms with Crippen molar-refractivity contribution in [2.45, 2.75) is 12.5 Å². The van der Waals surface area contributed by atoms with E-state index in [2.05, 4.69) is 5.32 Å².